The van der Waals surface area contributed by atoms with Crippen LogP contribution in [0.1, 0.15) is 33.7 Å². The smallest absolute Gasteiger partial charge is 0.0709 e. The maximum Gasteiger partial charge on any atom is 0.0709 e. The Morgan fingerprint density at radius 1 is 0.429 bits per heavy atom. The van der Waals surface area contributed by atoms with E-state index in [1.165, 1.54) is 21.8 Å². The molecule has 3 aromatic heterocycles. The Bertz CT molecular complexity index is 1830. The summed E-state index contributed by atoms with van der Waals surface area (Å²) in [4.78, 5) is 10.1. The predicted octanol–water partition coefficient (Wildman–Crippen LogP) is 10.9. The molecule has 0 fully saturated rings. The van der Waals surface area contributed by atoms with Crippen LogP contribution in [0.15, 0.2) is 133 Å². The summed E-state index contributed by atoms with van der Waals surface area (Å²) in [6.07, 6.45) is 0. The van der Waals surface area contributed by atoms with Gasteiger partial charge in [-0.25, -0.2) is 9.97 Å². The average Bonchev–Trinajstić information content (AvgIpc) is 3.40. The van der Waals surface area contributed by atoms with Crippen LogP contribution in [0, 0.1) is 0 Å². The highest BCUT2D eigenvalue weighted by atomic mass is 15.0. The Labute approximate surface area is 248 Å². The lowest BCUT2D eigenvalue weighted by molar-refractivity contribution is 0.642. The van der Waals surface area contributed by atoms with Crippen LogP contribution in [0.2, 0.25) is 0 Å². The van der Waals surface area contributed by atoms with Crippen LogP contribution in [0.3, 0.4) is 0 Å². The number of pyridine rings is 2. The lowest BCUT2D eigenvalue weighted by atomic mass is 10.0. The second-order valence-electron chi connectivity index (χ2n) is 10.5. The number of rotatable bonds is 5. The van der Waals surface area contributed by atoms with Crippen molar-refractivity contribution in [2.45, 2.75) is 33.7 Å². The van der Waals surface area contributed by atoms with Crippen LogP contribution >= 0.6 is 0 Å². The standard InChI is InChI=1S/C37H29N3.C2H6/c1-25(2)40-36-21-19-28(34-17-9-15-32(38-34)26-11-5-3-6-12-26)23-30(36)31-24-29(20-22-37(31)40)35-18-10-16-33(39-35)27-13-7-4-8-14-27;1-2/h3-25H,1-2H3;1-2H3. The normalized spacial score (nSPS) is 11.1. The lowest BCUT2D eigenvalue weighted by Gasteiger charge is -2.12. The van der Waals surface area contributed by atoms with Crippen molar-refractivity contribution in [3.05, 3.63) is 133 Å². The number of aromatic nitrogens is 3. The summed E-state index contributed by atoms with van der Waals surface area (Å²) in [5.74, 6) is 0. The van der Waals surface area contributed by atoms with Gasteiger partial charge >= 0.3 is 0 Å². The summed E-state index contributed by atoms with van der Waals surface area (Å²) in [7, 11) is 0. The maximum atomic E-state index is 5.03. The van der Waals surface area contributed by atoms with E-state index in [1.54, 1.807) is 0 Å². The quantitative estimate of drug-likeness (QED) is 0.215. The Morgan fingerprint density at radius 3 is 1.19 bits per heavy atom. The Morgan fingerprint density at radius 2 is 0.810 bits per heavy atom. The van der Waals surface area contributed by atoms with E-state index in [-0.39, 0.29) is 0 Å². The van der Waals surface area contributed by atoms with Gasteiger partial charge in [0.1, 0.15) is 0 Å². The lowest BCUT2D eigenvalue weighted by Crippen LogP contribution is -1.99. The van der Waals surface area contributed by atoms with Crippen molar-refractivity contribution < 1.29 is 0 Å². The van der Waals surface area contributed by atoms with E-state index in [9.17, 15) is 0 Å². The van der Waals surface area contributed by atoms with Crippen molar-refractivity contribution in [1.82, 2.24) is 14.5 Å². The van der Waals surface area contributed by atoms with E-state index in [1.807, 2.05) is 26.0 Å². The van der Waals surface area contributed by atoms with Crippen LogP contribution < -0.4 is 0 Å². The summed E-state index contributed by atoms with van der Waals surface area (Å²) in [5.41, 5.74) is 10.8. The minimum absolute atomic E-state index is 0.329. The molecule has 0 atom stereocenters. The first-order valence-corrected chi connectivity index (χ1v) is 14.8. The van der Waals surface area contributed by atoms with E-state index in [4.69, 9.17) is 9.97 Å². The molecule has 0 amide bonds. The fraction of sp³-hybridized carbons (Fsp3) is 0.128. The van der Waals surface area contributed by atoms with Crippen molar-refractivity contribution >= 4 is 21.8 Å². The number of fused-ring (bicyclic) bond motifs is 3. The van der Waals surface area contributed by atoms with E-state index in [2.05, 4.69) is 140 Å². The van der Waals surface area contributed by atoms with E-state index in [0.29, 0.717) is 6.04 Å². The van der Waals surface area contributed by atoms with Gasteiger partial charge in [-0.05, 0) is 62.4 Å². The largest absolute Gasteiger partial charge is 0.338 e. The van der Waals surface area contributed by atoms with Crippen molar-refractivity contribution in [3.63, 3.8) is 0 Å². The molecule has 0 N–H and O–H groups in total. The van der Waals surface area contributed by atoms with Gasteiger partial charge in [0, 0.05) is 50.1 Å². The molecule has 0 saturated carbocycles. The SMILES string of the molecule is CC.CC(C)n1c2ccc(-c3cccc(-c4ccccc4)n3)cc2c2cc(-c3cccc(-c4ccccc4)n3)ccc21. The van der Waals surface area contributed by atoms with Crippen molar-refractivity contribution in [1.29, 1.82) is 0 Å². The Hall–Kier alpha value is -5.02. The fourth-order valence-electron chi connectivity index (χ4n) is 5.66. The first-order valence-electron chi connectivity index (χ1n) is 14.8. The van der Waals surface area contributed by atoms with Crippen molar-refractivity contribution in [2.24, 2.45) is 0 Å². The summed E-state index contributed by atoms with van der Waals surface area (Å²) in [6, 6.07) is 47.0. The molecule has 42 heavy (non-hydrogen) atoms. The van der Waals surface area contributed by atoms with Gasteiger partial charge in [0.2, 0.25) is 0 Å². The third-order valence-electron chi connectivity index (χ3n) is 7.55. The molecule has 4 aromatic carbocycles. The molecule has 0 unspecified atom stereocenters. The highest BCUT2D eigenvalue weighted by Crippen LogP contribution is 2.37. The molecular weight excluding hydrogens is 510 g/mol. The van der Waals surface area contributed by atoms with E-state index < -0.39 is 0 Å². The zero-order chi connectivity index (χ0) is 29.1. The molecule has 206 valence electrons. The van der Waals surface area contributed by atoms with Gasteiger partial charge in [-0.1, -0.05) is 98.8 Å². The molecule has 0 aliphatic carbocycles. The molecule has 3 heterocycles. The highest BCUT2D eigenvalue weighted by molar-refractivity contribution is 6.10. The van der Waals surface area contributed by atoms with Gasteiger partial charge in [-0.15, -0.1) is 0 Å². The Kier molecular flexibility index (Phi) is 7.66. The molecule has 3 heteroatoms. The molecule has 0 saturated heterocycles. The number of hydrogen-bond acceptors (Lipinski definition) is 2. The van der Waals surface area contributed by atoms with Crippen molar-refractivity contribution in [2.75, 3.05) is 0 Å². The van der Waals surface area contributed by atoms with Gasteiger partial charge < -0.3 is 4.57 Å². The molecule has 0 aliphatic rings. The fourth-order valence-corrected chi connectivity index (χ4v) is 5.66. The van der Waals surface area contributed by atoms with Crippen molar-refractivity contribution in [3.8, 4) is 45.0 Å². The van der Waals surface area contributed by atoms with Gasteiger partial charge in [0.25, 0.3) is 0 Å². The zero-order valence-corrected chi connectivity index (χ0v) is 24.6. The number of nitrogens with zero attached hydrogens (tertiary/aromatic N) is 3. The third-order valence-corrected chi connectivity index (χ3v) is 7.55. The summed E-state index contributed by atoms with van der Waals surface area (Å²) >= 11 is 0. The maximum absolute atomic E-state index is 5.03. The summed E-state index contributed by atoms with van der Waals surface area (Å²) < 4.78 is 2.43. The topological polar surface area (TPSA) is 30.7 Å². The van der Waals surface area contributed by atoms with Gasteiger partial charge in [0.15, 0.2) is 0 Å². The van der Waals surface area contributed by atoms with Gasteiger partial charge in [-0.2, -0.15) is 0 Å². The van der Waals surface area contributed by atoms with Gasteiger partial charge in [0.05, 0.1) is 22.8 Å². The molecule has 0 spiro atoms. The monoisotopic (exact) mass is 545 g/mol. The molecule has 7 aromatic rings. The van der Waals surface area contributed by atoms with Crippen LogP contribution in [-0.4, -0.2) is 14.5 Å². The molecular formula is C39H35N3. The van der Waals surface area contributed by atoms with Crippen LogP contribution in [0.5, 0.6) is 0 Å². The van der Waals surface area contributed by atoms with Crippen LogP contribution in [-0.2, 0) is 0 Å². The number of benzene rings is 4. The second-order valence-corrected chi connectivity index (χ2v) is 10.5. The second kappa shape index (κ2) is 11.8. The molecule has 0 bridgehead atoms. The summed E-state index contributed by atoms with van der Waals surface area (Å²) in [5, 5.41) is 2.46. The molecule has 7 rings (SSSR count). The predicted molar refractivity (Wildman–Crippen MR) is 179 cm³/mol. The minimum atomic E-state index is 0.329. The average molecular weight is 546 g/mol. The third kappa shape index (κ3) is 5.10. The molecule has 3 nitrogen and oxygen atoms in total. The van der Waals surface area contributed by atoms with Crippen LogP contribution in [0.4, 0.5) is 0 Å². The van der Waals surface area contributed by atoms with E-state index in [0.717, 1.165) is 45.0 Å². The number of hydrogen-bond donors (Lipinski definition) is 0. The summed E-state index contributed by atoms with van der Waals surface area (Å²) in [6.45, 7) is 8.49. The zero-order valence-electron chi connectivity index (χ0n) is 24.6. The van der Waals surface area contributed by atoms with E-state index >= 15 is 0 Å². The van der Waals surface area contributed by atoms with Crippen LogP contribution in [0.25, 0.3) is 66.8 Å². The minimum Gasteiger partial charge on any atom is -0.338 e. The Balaban J connectivity index is 0.00000155. The van der Waals surface area contributed by atoms with Gasteiger partial charge in [-0.3, -0.25) is 0 Å². The first-order chi connectivity index (χ1) is 20.7. The molecule has 0 aliphatic heterocycles. The first kappa shape index (κ1) is 27.2. The highest BCUT2D eigenvalue weighted by Gasteiger charge is 2.16. The molecule has 0 radical (unpaired) electrons.